The molecule has 6 heteroatoms. The van der Waals surface area contributed by atoms with Crippen molar-refractivity contribution in [2.24, 2.45) is 5.92 Å². The van der Waals surface area contributed by atoms with E-state index in [-0.39, 0.29) is 11.8 Å². The normalized spacial score (nSPS) is 18.0. The number of amides is 1. The molecule has 2 heterocycles. The van der Waals surface area contributed by atoms with Gasteiger partial charge in [0, 0.05) is 19.1 Å². The van der Waals surface area contributed by atoms with Gasteiger partial charge < -0.3 is 10.1 Å². The van der Waals surface area contributed by atoms with Gasteiger partial charge in [0.2, 0.25) is 11.0 Å². The molecule has 1 aliphatic heterocycles. The lowest BCUT2D eigenvalue weighted by molar-refractivity contribution is -0.122. The molecule has 14 heavy (non-hydrogen) atoms. The molecule has 1 aromatic rings. The van der Waals surface area contributed by atoms with E-state index in [4.69, 9.17) is 4.74 Å². The van der Waals surface area contributed by atoms with Crippen molar-refractivity contribution in [3.8, 4) is 0 Å². The molecule has 1 N–H and O–H groups in total. The molecular formula is C8H11N3O2S. The minimum Gasteiger partial charge on any atom is -0.381 e. The summed E-state index contributed by atoms with van der Waals surface area (Å²) in [5.41, 5.74) is 1.60. The fourth-order valence-electron chi connectivity index (χ4n) is 1.39. The lowest BCUT2D eigenvalue weighted by atomic mass is 10.00. The molecule has 0 saturated carbocycles. The van der Waals surface area contributed by atoms with E-state index < -0.39 is 0 Å². The van der Waals surface area contributed by atoms with Crippen LogP contribution < -0.4 is 5.32 Å². The van der Waals surface area contributed by atoms with Crippen LogP contribution in [0.2, 0.25) is 0 Å². The third-order valence-electron chi connectivity index (χ3n) is 2.18. The Hall–Kier alpha value is -1.01. The largest absolute Gasteiger partial charge is 0.381 e. The Bertz CT molecular complexity index is 296. The summed E-state index contributed by atoms with van der Waals surface area (Å²) in [6, 6.07) is 0. The number of carbonyl (C=O) groups is 1. The van der Waals surface area contributed by atoms with Crippen LogP contribution in [0.3, 0.4) is 0 Å². The van der Waals surface area contributed by atoms with E-state index in [0.29, 0.717) is 18.3 Å². The van der Waals surface area contributed by atoms with E-state index in [1.807, 2.05) is 0 Å². The zero-order valence-corrected chi connectivity index (χ0v) is 8.42. The SMILES string of the molecule is O=C(Nc1nncs1)C1CCOCC1. The number of hydrogen-bond acceptors (Lipinski definition) is 5. The predicted molar refractivity (Wildman–Crippen MR) is 52.1 cm³/mol. The summed E-state index contributed by atoms with van der Waals surface area (Å²) in [6.45, 7) is 1.35. The first kappa shape index (κ1) is 9.54. The minimum absolute atomic E-state index is 0.0325. The Morgan fingerprint density at radius 2 is 2.36 bits per heavy atom. The summed E-state index contributed by atoms with van der Waals surface area (Å²) in [6.07, 6.45) is 1.59. The number of nitrogens with zero attached hydrogens (tertiary/aromatic N) is 2. The van der Waals surface area contributed by atoms with Crippen molar-refractivity contribution in [3.05, 3.63) is 5.51 Å². The Morgan fingerprint density at radius 1 is 1.57 bits per heavy atom. The van der Waals surface area contributed by atoms with Gasteiger partial charge in [0.25, 0.3) is 0 Å². The van der Waals surface area contributed by atoms with Gasteiger partial charge in [-0.25, -0.2) is 0 Å². The first-order valence-corrected chi connectivity index (χ1v) is 5.39. The van der Waals surface area contributed by atoms with Gasteiger partial charge in [0.15, 0.2) is 0 Å². The van der Waals surface area contributed by atoms with Gasteiger partial charge in [-0.1, -0.05) is 11.3 Å². The summed E-state index contributed by atoms with van der Waals surface area (Å²) in [7, 11) is 0. The Morgan fingerprint density at radius 3 is 3.00 bits per heavy atom. The maximum Gasteiger partial charge on any atom is 0.229 e. The number of ether oxygens (including phenoxy) is 1. The third kappa shape index (κ3) is 2.27. The van der Waals surface area contributed by atoms with Gasteiger partial charge in [-0.05, 0) is 12.8 Å². The molecule has 0 atom stereocenters. The van der Waals surface area contributed by atoms with Crippen molar-refractivity contribution in [3.63, 3.8) is 0 Å². The van der Waals surface area contributed by atoms with Gasteiger partial charge in [-0.3, -0.25) is 4.79 Å². The van der Waals surface area contributed by atoms with Crippen LogP contribution >= 0.6 is 11.3 Å². The summed E-state index contributed by atoms with van der Waals surface area (Å²) in [5, 5.41) is 10.7. The van der Waals surface area contributed by atoms with Gasteiger partial charge in [0.1, 0.15) is 5.51 Å². The van der Waals surface area contributed by atoms with E-state index in [1.165, 1.54) is 11.3 Å². The second-order valence-electron chi connectivity index (χ2n) is 3.12. The molecule has 76 valence electrons. The number of aromatic nitrogens is 2. The van der Waals surface area contributed by atoms with E-state index in [0.717, 1.165) is 12.8 Å². The van der Waals surface area contributed by atoms with Crippen LogP contribution in [0.25, 0.3) is 0 Å². The smallest absolute Gasteiger partial charge is 0.229 e. The molecule has 5 nitrogen and oxygen atoms in total. The topological polar surface area (TPSA) is 64.1 Å². The molecule has 1 fully saturated rings. The van der Waals surface area contributed by atoms with E-state index in [1.54, 1.807) is 5.51 Å². The summed E-state index contributed by atoms with van der Waals surface area (Å²) in [4.78, 5) is 11.6. The van der Waals surface area contributed by atoms with Crippen LogP contribution in [-0.4, -0.2) is 29.3 Å². The van der Waals surface area contributed by atoms with Crippen molar-refractivity contribution in [2.75, 3.05) is 18.5 Å². The maximum absolute atomic E-state index is 11.6. The number of carbonyl (C=O) groups excluding carboxylic acids is 1. The Balaban J connectivity index is 1.88. The molecule has 1 saturated heterocycles. The molecule has 0 unspecified atom stereocenters. The van der Waals surface area contributed by atoms with Crippen LogP contribution in [0, 0.1) is 5.92 Å². The predicted octanol–water partition coefficient (Wildman–Crippen LogP) is 0.903. The second-order valence-corrected chi connectivity index (χ2v) is 3.95. The fourth-order valence-corrected chi connectivity index (χ4v) is 1.84. The van der Waals surface area contributed by atoms with E-state index in [9.17, 15) is 4.79 Å². The lowest BCUT2D eigenvalue weighted by Gasteiger charge is -2.20. The van der Waals surface area contributed by atoms with Crippen LogP contribution in [0.15, 0.2) is 5.51 Å². The maximum atomic E-state index is 11.6. The average molecular weight is 213 g/mol. The third-order valence-corrected chi connectivity index (χ3v) is 2.79. The monoisotopic (exact) mass is 213 g/mol. The molecule has 1 aromatic heterocycles. The summed E-state index contributed by atoms with van der Waals surface area (Å²) in [5.74, 6) is 0.0951. The van der Waals surface area contributed by atoms with Gasteiger partial charge in [0.05, 0.1) is 0 Å². The number of hydrogen-bond donors (Lipinski definition) is 1. The molecule has 0 aliphatic carbocycles. The Kier molecular flexibility index (Phi) is 3.05. The van der Waals surface area contributed by atoms with Gasteiger partial charge >= 0.3 is 0 Å². The van der Waals surface area contributed by atoms with E-state index in [2.05, 4.69) is 15.5 Å². The van der Waals surface area contributed by atoms with Crippen LogP contribution in [0.1, 0.15) is 12.8 Å². The van der Waals surface area contributed by atoms with Crippen molar-refractivity contribution in [1.82, 2.24) is 10.2 Å². The van der Waals surface area contributed by atoms with Crippen LogP contribution in [-0.2, 0) is 9.53 Å². The Labute approximate surface area is 85.5 Å². The van der Waals surface area contributed by atoms with Crippen LogP contribution in [0.5, 0.6) is 0 Å². The number of anilines is 1. The molecule has 0 aromatic carbocycles. The highest BCUT2D eigenvalue weighted by Gasteiger charge is 2.21. The standard InChI is InChI=1S/C8H11N3O2S/c12-7(6-1-3-13-4-2-6)10-8-11-9-5-14-8/h5-6H,1-4H2,(H,10,11,12). The highest BCUT2D eigenvalue weighted by Crippen LogP contribution is 2.17. The van der Waals surface area contributed by atoms with Gasteiger partial charge in [-0.15, -0.1) is 10.2 Å². The highest BCUT2D eigenvalue weighted by atomic mass is 32.1. The molecule has 1 aliphatic rings. The number of nitrogens with one attached hydrogen (secondary N) is 1. The minimum atomic E-state index is 0.0325. The summed E-state index contributed by atoms with van der Waals surface area (Å²) >= 11 is 1.33. The average Bonchev–Trinajstić information content (AvgIpc) is 2.72. The molecular weight excluding hydrogens is 202 g/mol. The zero-order valence-electron chi connectivity index (χ0n) is 7.60. The quantitative estimate of drug-likeness (QED) is 0.792. The first-order valence-electron chi connectivity index (χ1n) is 4.51. The second kappa shape index (κ2) is 4.47. The van der Waals surface area contributed by atoms with Crippen molar-refractivity contribution >= 4 is 22.4 Å². The number of rotatable bonds is 2. The van der Waals surface area contributed by atoms with E-state index >= 15 is 0 Å². The van der Waals surface area contributed by atoms with Crippen molar-refractivity contribution < 1.29 is 9.53 Å². The fraction of sp³-hybridized carbons (Fsp3) is 0.625. The lowest BCUT2D eigenvalue weighted by Crippen LogP contribution is -2.28. The van der Waals surface area contributed by atoms with Crippen molar-refractivity contribution in [2.45, 2.75) is 12.8 Å². The molecule has 0 spiro atoms. The highest BCUT2D eigenvalue weighted by molar-refractivity contribution is 7.13. The first-order chi connectivity index (χ1) is 6.86. The van der Waals surface area contributed by atoms with Crippen LogP contribution in [0.4, 0.5) is 5.13 Å². The van der Waals surface area contributed by atoms with Gasteiger partial charge in [-0.2, -0.15) is 0 Å². The zero-order chi connectivity index (χ0) is 9.80. The molecule has 0 bridgehead atoms. The molecule has 1 amide bonds. The molecule has 0 radical (unpaired) electrons. The molecule has 2 rings (SSSR count). The van der Waals surface area contributed by atoms with Crippen molar-refractivity contribution in [1.29, 1.82) is 0 Å². The summed E-state index contributed by atoms with van der Waals surface area (Å²) < 4.78 is 5.18.